The van der Waals surface area contributed by atoms with Crippen LogP contribution in [0.2, 0.25) is 0 Å². The van der Waals surface area contributed by atoms with Gasteiger partial charge in [-0.2, -0.15) is 5.10 Å². The zero-order chi connectivity index (χ0) is 18.2. The van der Waals surface area contributed by atoms with Gasteiger partial charge >= 0.3 is 6.03 Å². The van der Waals surface area contributed by atoms with Gasteiger partial charge in [0.25, 0.3) is 0 Å². The molecule has 8 nitrogen and oxygen atoms in total. The molecule has 0 bridgehead atoms. The van der Waals surface area contributed by atoms with Crippen molar-refractivity contribution in [3.63, 3.8) is 0 Å². The number of hydrogen-bond donors (Lipinski definition) is 3. The van der Waals surface area contributed by atoms with E-state index in [1.165, 1.54) is 35.3 Å². The molecule has 1 heterocycles. The van der Waals surface area contributed by atoms with Gasteiger partial charge in [-0.15, -0.1) is 0 Å². The molecule has 0 aliphatic rings. The molecule has 2 aromatic rings. The second-order valence-corrected chi connectivity index (χ2v) is 5.67. The van der Waals surface area contributed by atoms with Gasteiger partial charge in [-0.3, -0.25) is 9.48 Å². The van der Waals surface area contributed by atoms with Crippen molar-refractivity contribution in [3.8, 4) is 0 Å². The van der Waals surface area contributed by atoms with Crippen LogP contribution in [-0.2, 0) is 11.3 Å². The van der Waals surface area contributed by atoms with Crippen LogP contribution in [-0.4, -0.2) is 53.8 Å². The monoisotopic (exact) mass is 348 g/mol. The highest BCUT2D eigenvalue weighted by Crippen LogP contribution is 2.10. The number of amides is 3. The van der Waals surface area contributed by atoms with Crippen molar-refractivity contribution >= 4 is 23.3 Å². The van der Waals surface area contributed by atoms with E-state index in [9.17, 15) is 14.0 Å². The zero-order valence-electron chi connectivity index (χ0n) is 14.1. The van der Waals surface area contributed by atoms with E-state index in [0.717, 1.165) is 6.54 Å². The van der Waals surface area contributed by atoms with Gasteiger partial charge in [-0.1, -0.05) is 6.07 Å². The van der Waals surface area contributed by atoms with Crippen LogP contribution in [0.25, 0.3) is 0 Å². The Balaban J connectivity index is 1.80. The minimum absolute atomic E-state index is 0.0562. The quantitative estimate of drug-likeness (QED) is 0.704. The predicted molar refractivity (Wildman–Crippen MR) is 92.8 cm³/mol. The van der Waals surface area contributed by atoms with E-state index < -0.39 is 11.8 Å². The highest BCUT2D eigenvalue weighted by atomic mass is 19.1. The molecule has 0 aliphatic carbocycles. The summed E-state index contributed by atoms with van der Waals surface area (Å²) in [6.07, 6.45) is 2.97. The lowest BCUT2D eigenvalue weighted by atomic mass is 10.3. The highest BCUT2D eigenvalue weighted by molar-refractivity contribution is 5.99. The molecule has 3 N–H and O–H groups in total. The predicted octanol–water partition coefficient (Wildman–Crippen LogP) is 1.34. The van der Waals surface area contributed by atoms with Crippen molar-refractivity contribution in [2.75, 3.05) is 37.8 Å². The Morgan fingerprint density at radius 2 is 2.00 bits per heavy atom. The number of benzene rings is 1. The zero-order valence-corrected chi connectivity index (χ0v) is 14.1. The molecule has 0 atom stereocenters. The molecule has 0 fully saturated rings. The summed E-state index contributed by atoms with van der Waals surface area (Å²) < 4.78 is 14.5. The van der Waals surface area contributed by atoms with Gasteiger partial charge in [0.15, 0.2) is 0 Å². The van der Waals surface area contributed by atoms with E-state index in [2.05, 4.69) is 21.0 Å². The number of aromatic nitrogens is 2. The Hall–Kier alpha value is -2.94. The topological polar surface area (TPSA) is 91.3 Å². The molecule has 0 unspecified atom stereocenters. The number of carbonyl (C=O) groups is 2. The second-order valence-electron chi connectivity index (χ2n) is 5.67. The molecule has 0 radical (unpaired) electrons. The first-order valence-corrected chi connectivity index (χ1v) is 7.70. The van der Waals surface area contributed by atoms with Crippen molar-refractivity contribution in [2.24, 2.45) is 0 Å². The Kier molecular flexibility index (Phi) is 6.47. The molecule has 0 spiro atoms. The van der Waals surface area contributed by atoms with Gasteiger partial charge in [0.2, 0.25) is 5.91 Å². The lowest BCUT2D eigenvalue weighted by Crippen LogP contribution is -2.33. The summed E-state index contributed by atoms with van der Waals surface area (Å²) >= 11 is 0. The smallest absolute Gasteiger partial charge is 0.323 e. The highest BCUT2D eigenvalue weighted by Gasteiger charge is 2.08. The van der Waals surface area contributed by atoms with Crippen LogP contribution in [0, 0.1) is 5.82 Å². The van der Waals surface area contributed by atoms with Crippen LogP contribution in [0.3, 0.4) is 0 Å². The van der Waals surface area contributed by atoms with Gasteiger partial charge < -0.3 is 20.9 Å². The Labute approximate surface area is 145 Å². The van der Waals surface area contributed by atoms with Crippen LogP contribution in [0.15, 0.2) is 36.7 Å². The maximum atomic E-state index is 13.1. The summed E-state index contributed by atoms with van der Waals surface area (Å²) in [5.74, 6) is -0.605. The summed E-state index contributed by atoms with van der Waals surface area (Å²) in [5.41, 5.74) is 0.764. The van der Waals surface area contributed by atoms with Gasteiger partial charge in [0.1, 0.15) is 12.4 Å². The van der Waals surface area contributed by atoms with Crippen LogP contribution in [0.1, 0.15) is 0 Å². The second kappa shape index (κ2) is 8.78. The fourth-order valence-corrected chi connectivity index (χ4v) is 2.00. The molecule has 9 heteroatoms. The number of rotatable bonds is 7. The number of urea groups is 1. The van der Waals surface area contributed by atoms with E-state index >= 15 is 0 Å². The molecule has 3 amide bonds. The first-order valence-electron chi connectivity index (χ1n) is 7.70. The summed E-state index contributed by atoms with van der Waals surface area (Å²) in [7, 11) is 3.85. The molecular weight excluding hydrogens is 327 g/mol. The minimum Gasteiger partial charge on any atom is -0.353 e. The SMILES string of the molecule is CN(C)CCNC(=O)Cn1cc(NC(=O)Nc2cccc(F)c2)cn1. The fraction of sp³-hybridized carbons (Fsp3) is 0.312. The van der Waals surface area contributed by atoms with E-state index in [1.54, 1.807) is 6.07 Å². The molecule has 1 aromatic heterocycles. The molecule has 134 valence electrons. The number of carbonyl (C=O) groups excluding carboxylic acids is 2. The number of likely N-dealkylation sites (N-methyl/N-ethyl adjacent to an activating group) is 1. The van der Waals surface area contributed by atoms with Crippen molar-refractivity contribution in [1.29, 1.82) is 0 Å². The largest absolute Gasteiger partial charge is 0.353 e. The van der Waals surface area contributed by atoms with Crippen LogP contribution in [0.5, 0.6) is 0 Å². The van der Waals surface area contributed by atoms with Crippen molar-refractivity contribution in [1.82, 2.24) is 20.0 Å². The number of nitrogens with zero attached hydrogens (tertiary/aromatic N) is 3. The molecule has 25 heavy (non-hydrogen) atoms. The molecule has 2 rings (SSSR count). The van der Waals surface area contributed by atoms with Crippen LogP contribution < -0.4 is 16.0 Å². The minimum atomic E-state index is -0.527. The molecule has 1 aromatic carbocycles. The summed E-state index contributed by atoms with van der Waals surface area (Å²) in [6.45, 7) is 1.35. The van der Waals surface area contributed by atoms with Gasteiger partial charge in [0, 0.05) is 25.0 Å². The Bertz CT molecular complexity index is 731. The van der Waals surface area contributed by atoms with E-state index in [0.29, 0.717) is 17.9 Å². The van der Waals surface area contributed by atoms with Crippen LogP contribution >= 0.6 is 0 Å². The van der Waals surface area contributed by atoms with E-state index in [-0.39, 0.29) is 12.5 Å². The summed E-state index contributed by atoms with van der Waals surface area (Å²) in [5, 5.41) is 11.9. The van der Waals surface area contributed by atoms with Crippen molar-refractivity contribution in [3.05, 3.63) is 42.5 Å². The third kappa shape index (κ3) is 6.60. The average Bonchev–Trinajstić information content (AvgIpc) is 2.93. The first kappa shape index (κ1) is 18.4. The Morgan fingerprint density at radius 1 is 1.24 bits per heavy atom. The molecule has 0 saturated heterocycles. The number of halogens is 1. The molecule has 0 aliphatic heterocycles. The first-order chi connectivity index (χ1) is 11.9. The molecule has 0 saturated carbocycles. The van der Waals surface area contributed by atoms with Crippen molar-refractivity contribution in [2.45, 2.75) is 6.54 Å². The Morgan fingerprint density at radius 3 is 2.72 bits per heavy atom. The maximum absolute atomic E-state index is 13.1. The third-order valence-electron chi connectivity index (χ3n) is 3.16. The average molecular weight is 348 g/mol. The van der Waals surface area contributed by atoms with E-state index in [1.807, 2.05) is 19.0 Å². The third-order valence-corrected chi connectivity index (χ3v) is 3.16. The standard InChI is InChI=1S/C16H21FN6O2/c1-22(2)7-6-18-15(24)11-23-10-14(9-19-23)21-16(25)20-13-5-3-4-12(17)8-13/h3-5,8-10H,6-7,11H2,1-2H3,(H,18,24)(H2,20,21,25). The van der Waals surface area contributed by atoms with Gasteiger partial charge in [-0.25, -0.2) is 9.18 Å². The number of hydrogen-bond acceptors (Lipinski definition) is 4. The van der Waals surface area contributed by atoms with Gasteiger partial charge in [-0.05, 0) is 32.3 Å². The molecular formula is C16H21FN6O2. The summed E-state index contributed by atoms with van der Waals surface area (Å²) in [6, 6.07) is 5.04. The normalized spacial score (nSPS) is 10.6. The lowest BCUT2D eigenvalue weighted by Gasteiger charge is -2.10. The number of anilines is 2. The van der Waals surface area contributed by atoms with Gasteiger partial charge in [0.05, 0.1) is 11.9 Å². The fourth-order valence-electron chi connectivity index (χ4n) is 2.00. The summed E-state index contributed by atoms with van der Waals surface area (Å²) in [4.78, 5) is 25.6. The van der Waals surface area contributed by atoms with Crippen molar-refractivity contribution < 1.29 is 14.0 Å². The number of nitrogens with one attached hydrogen (secondary N) is 3. The maximum Gasteiger partial charge on any atom is 0.323 e. The van der Waals surface area contributed by atoms with E-state index in [4.69, 9.17) is 0 Å². The lowest BCUT2D eigenvalue weighted by molar-refractivity contribution is -0.121. The van der Waals surface area contributed by atoms with Crippen LogP contribution in [0.4, 0.5) is 20.6 Å².